The molecule has 0 bridgehead atoms. The van der Waals surface area contributed by atoms with E-state index in [1.54, 1.807) is 17.7 Å². The van der Waals surface area contributed by atoms with Crippen LogP contribution in [0.1, 0.15) is 26.0 Å². The number of carbonyl (C=O) groups is 2. The van der Waals surface area contributed by atoms with Crippen molar-refractivity contribution in [3.63, 3.8) is 0 Å². The number of furan rings is 1. The van der Waals surface area contributed by atoms with E-state index in [1.165, 1.54) is 11.3 Å². The topological polar surface area (TPSA) is 92.4 Å². The maximum atomic E-state index is 12.0. The highest BCUT2D eigenvalue weighted by Gasteiger charge is 2.20. The number of nitrogens with zero attached hydrogens (tertiary/aromatic N) is 1. The average Bonchev–Trinajstić information content (AvgIpc) is 3.13. The third-order valence-corrected chi connectivity index (χ3v) is 4.18. The van der Waals surface area contributed by atoms with Gasteiger partial charge in [-0.05, 0) is 24.5 Å². The molecule has 0 radical (unpaired) electrons. The fourth-order valence-electron chi connectivity index (χ4n) is 2.21. The van der Waals surface area contributed by atoms with E-state index in [0.717, 1.165) is 5.01 Å². The molecule has 0 unspecified atom stereocenters. The Morgan fingerprint density at radius 2 is 2.22 bits per heavy atom. The van der Waals surface area contributed by atoms with Crippen molar-refractivity contribution in [3.8, 4) is 10.8 Å². The summed E-state index contributed by atoms with van der Waals surface area (Å²) in [5, 5.41) is 14.4. The molecular formula is C16H20N2O4S. The van der Waals surface area contributed by atoms with Gasteiger partial charge in [0.25, 0.3) is 0 Å². The lowest BCUT2D eigenvalue weighted by atomic mass is 9.97. The predicted octanol–water partition coefficient (Wildman–Crippen LogP) is 2.81. The molecule has 2 aromatic heterocycles. The van der Waals surface area contributed by atoms with Gasteiger partial charge in [-0.3, -0.25) is 9.59 Å². The van der Waals surface area contributed by atoms with Crippen molar-refractivity contribution in [2.75, 3.05) is 6.54 Å². The number of hydrogen-bond donors (Lipinski definition) is 2. The lowest BCUT2D eigenvalue weighted by molar-refractivity contribution is -0.142. The van der Waals surface area contributed by atoms with Crippen LogP contribution in [0.5, 0.6) is 0 Å². The van der Waals surface area contributed by atoms with Gasteiger partial charge < -0.3 is 14.8 Å². The van der Waals surface area contributed by atoms with E-state index in [-0.39, 0.29) is 24.8 Å². The number of hydrogen-bond acceptors (Lipinski definition) is 5. The first-order valence-electron chi connectivity index (χ1n) is 7.43. The fraction of sp³-hybridized carbons (Fsp3) is 0.438. The van der Waals surface area contributed by atoms with Crippen molar-refractivity contribution < 1.29 is 19.1 Å². The smallest absolute Gasteiger partial charge is 0.308 e. The van der Waals surface area contributed by atoms with Gasteiger partial charge in [-0.15, -0.1) is 11.3 Å². The van der Waals surface area contributed by atoms with Crippen molar-refractivity contribution in [1.82, 2.24) is 10.3 Å². The molecule has 7 heteroatoms. The first kappa shape index (κ1) is 17.2. The van der Waals surface area contributed by atoms with Crippen LogP contribution in [-0.2, 0) is 16.0 Å². The van der Waals surface area contributed by atoms with Crippen molar-refractivity contribution in [2.24, 2.45) is 11.8 Å². The summed E-state index contributed by atoms with van der Waals surface area (Å²) in [5.74, 6) is -0.732. The van der Waals surface area contributed by atoms with Gasteiger partial charge in [0.15, 0.2) is 10.8 Å². The molecule has 0 saturated heterocycles. The highest BCUT2D eigenvalue weighted by Crippen LogP contribution is 2.24. The second-order valence-corrected chi connectivity index (χ2v) is 6.62. The minimum atomic E-state index is -0.882. The van der Waals surface area contributed by atoms with Crippen LogP contribution in [0.25, 0.3) is 10.8 Å². The first-order valence-corrected chi connectivity index (χ1v) is 8.31. The van der Waals surface area contributed by atoms with Gasteiger partial charge in [-0.25, -0.2) is 4.98 Å². The standard InChI is InChI=1S/C16H20N2O4S/c1-10(2)6-11(16(20)21)8-17-14(19)7-12-9-23-15(18-12)13-4-3-5-22-13/h3-5,9-11H,6-8H2,1-2H3,(H,17,19)(H,20,21)/t11-/m0/s1. The van der Waals surface area contributed by atoms with Crippen molar-refractivity contribution >= 4 is 23.2 Å². The lowest BCUT2D eigenvalue weighted by Crippen LogP contribution is -2.34. The average molecular weight is 336 g/mol. The third-order valence-electron chi connectivity index (χ3n) is 3.28. The van der Waals surface area contributed by atoms with E-state index < -0.39 is 11.9 Å². The monoisotopic (exact) mass is 336 g/mol. The van der Waals surface area contributed by atoms with E-state index >= 15 is 0 Å². The molecule has 1 atom stereocenters. The second-order valence-electron chi connectivity index (χ2n) is 5.77. The Hall–Kier alpha value is -2.15. The number of carboxylic acids is 1. The molecule has 0 spiro atoms. The van der Waals surface area contributed by atoms with Crippen LogP contribution >= 0.6 is 11.3 Å². The minimum Gasteiger partial charge on any atom is -0.481 e. The van der Waals surface area contributed by atoms with Gasteiger partial charge >= 0.3 is 5.97 Å². The Bertz CT molecular complexity index is 649. The van der Waals surface area contributed by atoms with Crippen molar-refractivity contribution in [3.05, 3.63) is 29.5 Å². The van der Waals surface area contributed by atoms with Crippen LogP contribution in [0.2, 0.25) is 0 Å². The number of carboxylic acid groups (broad SMARTS) is 1. The van der Waals surface area contributed by atoms with Crippen LogP contribution in [0.4, 0.5) is 0 Å². The number of nitrogens with one attached hydrogen (secondary N) is 1. The Kier molecular flexibility index (Phi) is 5.92. The number of rotatable bonds is 8. The van der Waals surface area contributed by atoms with Crippen LogP contribution in [0, 0.1) is 11.8 Å². The lowest BCUT2D eigenvalue weighted by Gasteiger charge is -2.15. The second kappa shape index (κ2) is 7.92. The van der Waals surface area contributed by atoms with E-state index in [0.29, 0.717) is 17.9 Å². The zero-order chi connectivity index (χ0) is 16.8. The largest absolute Gasteiger partial charge is 0.481 e. The summed E-state index contributed by atoms with van der Waals surface area (Å²) in [5.41, 5.74) is 0.648. The molecule has 0 aliphatic carbocycles. The van der Waals surface area contributed by atoms with E-state index in [2.05, 4.69) is 10.3 Å². The third kappa shape index (κ3) is 5.21. The van der Waals surface area contributed by atoms with Crippen LogP contribution in [-0.4, -0.2) is 28.5 Å². The maximum absolute atomic E-state index is 12.0. The molecule has 0 fully saturated rings. The van der Waals surface area contributed by atoms with Crippen LogP contribution in [0.15, 0.2) is 28.2 Å². The van der Waals surface area contributed by atoms with Gasteiger partial charge in [0.1, 0.15) is 0 Å². The van der Waals surface area contributed by atoms with Gasteiger partial charge in [-0.1, -0.05) is 13.8 Å². The van der Waals surface area contributed by atoms with Crippen molar-refractivity contribution in [2.45, 2.75) is 26.7 Å². The quantitative estimate of drug-likeness (QED) is 0.773. The molecule has 0 aliphatic heterocycles. The summed E-state index contributed by atoms with van der Waals surface area (Å²) in [6, 6.07) is 3.59. The molecule has 2 N–H and O–H groups in total. The highest BCUT2D eigenvalue weighted by molar-refractivity contribution is 7.13. The van der Waals surface area contributed by atoms with E-state index in [4.69, 9.17) is 9.52 Å². The molecule has 2 heterocycles. The number of aliphatic carboxylic acids is 1. The Balaban J connectivity index is 1.86. The minimum absolute atomic E-state index is 0.130. The maximum Gasteiger partial charge on any atom is 0.308 e. The number of thiazole rings is 1. The molecule has 2 rings (SSSR count). The molecule has 2 aromatic rings. The summed E-state index contributed by atoms with van der Waals surface area (Å²) in [6.45, 7) is 4.06. The zero-order valence-electron chi connectivity index (χ0n) is 13.1. The number of aromatic nitrogens is 1. The van der Waals surface area contributed by atoms with Crippen LogP contribution in [0.3, 0.4) is 0 Å². The molecule has 124 valence electrons. The van der Waals surface area contributed by atoms with Gasteiger partial charge in [0.2, 0.25) is 5.91 Å². The molecule has 6 nitrogen and oxygen atoms in total. The summed E-state index contributed by atoms with van der Waals surface area (Å²) >= 11 is 1.41. The number of amides is 1. The Morgan fingerprint density at radius 1 is 1.43 bits per heavy atom. The zero-order valence-corrected chi connectivity index (χ0v) is 13.9. The molecule has 0 saturated carbocycles. The van der Waals surface area contributed by atoms with Gasteiger partial charge in [0, 0.05) is 11.9 Å². The predicted molar refractivity (Wildman–Crippen MR) is 87.1 cm³/mol. The Labute approximate surface area is 138 Å². The SMILES string of the molecule is CC(C)C[C@@H](CNC(=O)Cc1csc(-c2ccco2)n1)C(=O)O. The van der Waals surface area contributed by atoms with Gasteiger partial charge in [-0.2, -0.15) is 0 Å². The Morgan fingerprint density at radius 3 is 2.83 bits per heavy atom. The molecular weight excluding hydrogens is 316 g/mol. The molecule has 1 amide bonds. The van der Waals surface area contributed by atoms with Crippen LogP contribution < -0.4 is 5.32 Å². The first-order chi connectivity index (χ1) is 11.0. The van der Waals surface area contributed by atoms with Crippen molar-refractivity contribution in [1.29, 1.82) is 0 Å². The van der Waals surface area contributed by atoms with E-state index in [9.17, 15) is 9.59 Å². The normalized spacial score (nSPS) is 12.3. The number of carbonyl (C=O) groups excluding carboxylic acids is 1. The summed E-state index contributed by atoms with van der Waals surface area (Å²) in [7, 11) is 0. The molecule has 23 heavy (non-hydrogen) atoms. The molecule has 0 aromatic carbocycles. The summed E-state index contributed by atoms with van der Waals surface area (Å²) in [4.78, 5) is 27.5. The fourth-order valence-corrected chi connectivity index (χ4v) is 2.99. The summed E-state index contributed by atoms with van der Waals surface area (Å²) < 4.78 is 5.26. The van der Waals surface area contributed by atoms with Gasteiger partial charge in [0.05, 0.1) is 24.3 Å². The highest BCUT2D eigenvalue weighted by atomic mass is 32.1. The van der Waals surface area contributed by atoms with E-state index in [1.807, 2.05) is 19.9 Å². The summed E-state index contributed by atoms with van der Waals surface area (Å²) in [6.07, 6.45) is 2.24. The molecule has 0 aliphatic rings.